The molecule has 0 saturated carbocycles. The van der Waals surface area contributed by atoms with Crippen molar-refractivity contribution in [3.63, 3.8) is 0 Å². The van der Waals surface area contributed by atoms with Gasteiger partial charge >= 0.3 is 0 Å². The minimum atomic E-state index is -0.470. The van der Waals surface area contributed by atoms with E-state index < -0.39 is 5.60 Å². The zero-order valence-corrected chi connectivity index (χ0v) is 19.9. The molecule has 7 heteroatoms. The highest BCUT2D eigenvalue weighted by atomic mass is 16.5. The van der Waals surface area contributed by atoms with Gasteiger partial charge < -0.3 is 18.9 Å². The molecule has 7 nitrogen and oxygen atoms in total. The summed E-state index contributed by atoms with van der Waals surface area (Å²) >= 11 is 0. The fourth-order valence-corrected chi connectivity index (χ4v) is 3.79. The second-order valence-electron chi connectivity index (χ2n) is 8.64. The molecule has 0 bridgehead atoms. The first kappa shape index (κ1) is 24.0. The van der Waals surface area contributed by atoms with Crippen molar-refractivity contribution in [2.24, 2.45) is 5.18 Å². The number of benzene rings is 3. The third-order valence-corrected chi connectivity index (χ3v) is 5.57. The van der Waals surface area contributed by atoms with Crippen LogP contribution in [0.5, 0.6) is 23.0 Å². The summed E-state index contributed by atoms with van der Waals surface area (Å²) in [5.41, 5.74) is 2.19. The summed E-state index contributed by atoms with van der Waals surface area (Å²) in [5.74, 6) is 1.72. The Morgan fingerprint density at radius 2 is 1.83 bits per heavy atom. The molecule has 0 atom stereocenters. The number of carbonyl (C=O) groups excluding carboxylic acids is 1. The lowest BCUT2D eigenvalue weighted by molar-refractivity contribution is 0.0916. The molecule has 0 saturated heterocycles. The summed E-state index contributed by atoms with van der Waals surface area (Å²) in [7, 11) is 1.50. The highest BCUT2D eigenvalue weighted by Gasteiger charge is 2.26. The van der Waals surface area contributed by atoms with Gasteiger partial charge in [-0.3, -0.25) is 4.79 Å². The van der Waals surface area contributed by atoms with Crippen LogP contribution in [-0.4, -0.2) is 25.1 Å². The predicted molar refractivity (Wildman–Crippen MR) is 133 cm³/mol. The van der Waals surface area contributed by atoms with Crippen LogP contribution >= 0.6 is 0 Å². The molecule has 0 radical (unpaired) electrons. The molecule has 1 aliphatic rings. The summed E-state index contributed by atoms with van der Waals surface area (Å²) in [6, 6.07) is 18.4. The minimum Gasteiger partial charge on any atom is -0.496 e. The fraction of sp³-hybridized carbons (Fsp3) is 0.250. The third kappa shape index (κ3) is 5.69. The van der Waals surface area contributed by atoms with Gasteiger partial charge in [-0.25, -0.2) is 0 Å². The van der Waals surface area contributed by atoms with Gasteiger partial charge in [0.05, 0.1) is 18.2 Å². The number of nitrogens with zero attached hydrogens (tertiary/aromatic N) is 1. The van der Waals surface area contributed by atoms with Crippen LogP contribution in [0.1, 0.15) is 40.9 Å². The van der Waals surface area contributed by atoms with E-state index in [9.17, 15) is 9.70 Å². The second-order valence-corrected chi connectivity index (χ2v) is 8.64. The van der Waals surface area contributed by atoms with Crippen LogP contribution in [0.25, 0.3) is 6.08 Å². The summed E-state index contributed by atoms with van der Waals surface area (Å²) in [6.07, 6.45) is 3.78. The molecule has 0 amide bonds. The molecular formula is C28H27NO6. The maximum Gasteiger partial charge on any atom is 0.203 e. The van der Waals surface area contributed by atoms with Crippen LogP contribution < -0.4 is 18.9 Å². The Morgan fingerprint density at radius 1 is 1.03 bits per heavy atom. The van der Waals surface area contributed by atoms with Crippen molar-refractivity contribution in [2.45, 2.75) is 32.6 Å². The highest BCUT2D eigenvalue weighted by Crippen LogP contribution is 2.39. The lowest BCUT2D eigenvalue weighted by Crippen LogP contribution is -2.27. The summed E-state index contributed by atoms with van der Waals surface area (Å²) < 4.78 is 23.2. The third-order valence-electron chi connectivity index (χ3n) is 5.57. The molecular weight excluding hydrogens is 446 g/mol. The molecule has 3 aromatic carbocycles. The van der Waals surface area contributed by atoms with E-state index in [0.717, 1.165) is 5.56 Å². The Balaban J connectivity index is 1.51. The van der Waals surface area contributed by atoms with E-state index in [0.29, 0.717) is 46.3 Å². The van der Waals surface area contributed by atoms with Gasteiger partial charge in [0.2, 0.25) is 5.78 Å². The first-order valence-corrected chi connectivity index (χ1v) is 11.2. The van der Waals surface area contributed by atoms with Gasteiger partial charge in [0, 0.05) is 11.6 Å². The lowest BCUT2D eigenvalue weighted by atomic mass is 9.99. The van der Waals surface area contributed by atoms with E-state index in [1.165, 1.54) is 7.11 Å². The molecule has 0 N–H and O–H groups in total. The predicted octanol–water partition coefficient (Wildman–Crippen LogP) is 5.99. The first-order chi connectivity index (χ1) is 16.9. The summed E-state index contributed by atoms with van der Waals surface area (Å²) in [4.78, 5) is 24.0. The van der Waals surface area contributed by atoms with Crippen molar-refractivity contribution >= 4 is 11.9 Å². The Hall–Kier alpha value is -4.13. The van der Waals surface area contributed by atoms with Gasteiger partial charge in [0.15, 0.2) is 6.61 Å². The van der Waals surface area contributed by atoms with Gasteiger partial charge in [-0.05, 0) is 55.8 Å². The second kappa shape index (κ2) is 10.4. The molecule has 180 valence electrons. The molecule has 0 fully saturated rings. The Labute approximate surface area is 204 Å². The number of rotatable bonds is 10. The molecule has 4 rings (SSSR count). The van der Waals surface area contributed by atoms with Gasteiger partial charge in [-0.15, -0.1) is 0 Å². The van der Waals surface area contributed by atoms with Crippen LogP contribution in [0.15, 0.2) is 71.9 Å². The maximum absolute atomic E-state index is 13.0. The van der Waals surface area contributed by atoms with Gasteiger partial charge in [-0.2, -0.15) is 4.91 Å². The van der Waals surface area contributed by atoms with Crippen LogP contribution in [0.2, 0.25) is 0 Å². The van der Waals surface area contributed by atoms with E-state index in [-0.39, 0.29) is 18.9 Å². The number of hydrogen-bond acceptors (Lipinski definition) is 7. The lowest BCUT2D eigenvalue weighted by Gasteiger charge is -2.29. The molecule has 0 unspecified atom stereocenters. The molecule has 0 aromatic heterocycles. The quantitative estimate of drug-likeness (QED) is 0.266. The number of methoxy groups -OCH3 is 1. The SMILES string of the molecule is COc1cc(OCc2ccccc2)ccc1C(=O)COc1c(CN=O)ccc2c1C=CC(C)(C)O2. The maximum atomic E-state index is 13.0. The Morgan fingerprint density at radius 3 is 2.57 bits per heavy atom. The van der Waals surface area contributed by atoms with E-state index in [1.54, 1.807) is 30.3 Å². The van der Waals surface area contributed by atoms with Crippen LogP contribution in [-0.2, 0) is 13.2 Å². The molecule has 1 heterocycles. The minimum absolute atomic E-state index is 0.0786. The van der Waals surface area contributed by atoms with Crippen molar-refractivity contribution in [3.8, 4) is 23.0 Å². The number of hydrogen-bond donors (Lipinski definition) is 0. The Kier molecular flexibility index (Phi) is 7.15. The standard InChI is InChI=1S/C28H27NO6/c1-28(2)14-13-23-25(35-28)12-9-20(16-29-31)27(23)34-18-24(30)22-11-10-21(15-26(22)32-3)33-17-19-7-5-4-6-8-19/h4-15H,16-18H2,1-3H3. The number of ketones is 1. The Bertz CT molecular complexity index is 1250. The molecule has 1 aliphatic heterocycles. The zero-order valence-electron chi connectivity index (χ0n) is 19.9. The van der Waals surface area contributed by atoms with Crippen LogP contribution in [0, 0.1) is 4.91 Å². The highest BCUT2D eigenvalue weighted by molar-refractivity contribution is 6.00. The monoisotopic (exact) mass is 473 g/mol. The average Bonchev–Trinajstić information content (AvgIpc) is 2.86. The van der Waals surface area contributed by atoms with Crippen molar-refractivity contribution in [3.05, 3.63) is 93.9 Å². The van der Waals surface area contributed by atoms with Crippen LogP contribution in [0.3, 0.4) is 0 Å². The van der Waals surface area contributed by atoms with E-state index in [4.69, 9.17) is 18.9 Å². The van der Waals surface area contributed by atoms with E-state index >= 15 is 0 Å². The van der Waals surface area contributed by atoms with Crippen LogP contribution in [0.4, 0.5) is 0 Å². The first-order valence-electron chi connectivity index (χ1n) is 11.2. The number of ether oxygens (including phenoxy) is 4. The van der Waals surface area contributed by atoms with Gasteiger partial charge in [-0.1, -0.05) is 35.5 Å². The van der Waals surface area contributed by atoms with E-state index in [2.05, 4.69) is 5.18 Å². The zero-order chi connectivity index (χ0) is 24.8. The van der Waals surface area contributed by atoms with E-state index in [1.807, 2.05) is 56.3 Å². The van der Waals surface area contributed by atoms with Crippen molar-refractivity contribution in [1.29, 1.82) is 0 Å². The normalized spacial score (nSPS) is 13.3. The van der Waals surface area contributed by atoms with Crippen molar-refractivity contribution in [1.82, 2.24) is 0 Å². The fourth-order valence-electron chi connectivity index (χ4n) is 3.79. The molecule has 0 spiro atoms. The number of carbonyl (C=O) groups is 1. The van der Waals surface area contributed by atoms with Crippen molar-refractivity contribution in [2.75, 3.05) is 13.7 Å². The molecule has 35 heavy (non-hydrogen) atoms. The van der Waals surface area contributed by atoms with Gasteiger partial charge in [0.25, 0.3) is 0 Å². The molecule has 3 aromatic rings. The largest absolute Gasteiger partial charge is 0.496 e. The number of Topliss-reactive ketones (excluding diaryl/α,β-unsaturated/α-hetero) is 1. The average molecular weight is 474 g/mol. The van der Waals surface area contributed by atoms with Gasteiger partial charge in [0.1, 0.15) is 41.8 Å². The summed E-state index contributed by atoms with van der Waals surface area (Å²) in [5, 5.41) is 2.99. The topological polar surface area (TPSA) is 83.4 Å². The molecule has 0 aliphatic carbocycles. The summed E-state index contributed by atoms with van der Waals surface area (Å²) in [6.45, 7) is 3.96. The number of nitroso groups, excluding NO2 is 1. The smallest absolute Gasteiger partial charge is 0.203 e. The van der Waals surface area contributed by atoms with Crippen molar-refractivity contribution < 1.29 is 23.7 Å². The number of fused-ring (bicyclic) bond motifs is 1.